The molecule has 7 nitrogen and oxygen atoms in total. The second kappa shape index (κ2) is 7.91. The summed E-state index contributed by atoms with van der Waals surface area (Å²) < 4.78 is 42.9. The summed E-state index contributed by atoms with van der Waals surface area (Å²) in [6.07, 6.45) is 2.98. The van der Waals surface area contributed by atoms with Crippen molar-refractivity contribution < 1.29 is 17.6 Å². The van der Waals surface area contributed by atoms with Gasteiger partial charge in [0.15, 0.2) is 0 Å². The topological polar surface area (TPSA) is 91.7 Å². The van der Waals surface area contributed by atoms with Crippen molar-refractivity contribution in [3.05, 3.63) is 69.5 Å². The molecule has 1 N–H and O–H groups in total. The number of carbonyl (C=O) groups is 1. The highest BCUT2D eigenvalue weighted by Gasteiger charge is 2.31. The number of rotatable bonds is 4. The van der Waals surface area contributed by atoms with Crippen molar-refractivity contribution in [2.75, 3.05) is 12.4 Å². The lowest BCUT2D eigenvalue weighted by Gasteiger charge is -2.23. The van der Waals surface area contributed by atoms with Crippen LogP contribution in [0.5, 0.6) is 0 Å². The Balaban J connectivity index is 1.67. The molecule has 0 aliphatic carbocycles. The van der Waals surface area contributed by atoms with Crippen LogP contribution in [0.2, 0.25) is 5.02 Å². The number of hydrogen-bond acceptors (Lipinski definition) is 6. The van der Waals surface area contributed by atoms with Crippen LogP contribution in [0.1, 0.15) is 5.01 Å². The summed E-state index contributed by atoms with van der Waals surface area (Å²) >= 11 is 8.54. The van der Waals surface area contributed by atoms with Gasteiger partial charge in [0.2, 0.25) is 0 Å². The van der Waals surface area contributed by atoms with Gasteiger partial charge in [0.25, 0.3) is 5.91 Å². The summed E-state index contributed by atoms with van der Waals surface area (Å²) in [4.78, 5) is 18.9. The maximum atomic E-state index is 13.3. The van der Waals surface area contributed by atoms with Gasteiger partial charge < -0.3 is 5.32 Å². The van der Waals surface area contributed by atoms with Gasteiger partial charge in [-0.1, -0.05) is 17.7 Å². The lowest BCUT2D eigenvalue weighted by Crippen LogP contribution is -2.35. The second-order valence-corrected chi connectivity index (χ2v) is 10.1. The molecule has 30 heavy (non-hydrogen) atoms. The number of amides is 1. The quantitative estimate of drug-likeness (QED) is 0.604. The van der Waals surface area contributed by atoms with Crippen LogP contribution in [0, 0.1) is 5.82 Å². The summed E-state index contributed by atoms with van der Waals surface area (Å²) in [6.45, 7) is 0. The predicted octanol–water partition coefficient (Wildman–Crippen LogP) is 4.17. The van der Waals surface area contributed by atoms with Gasteiger partial charge in [0.05, 0.1) is 9.90 Å². The van der Waals surface area contributed by atoms with Crippen LogP contribution in [-0.4, -0.2) is 36.4 Å². The highest BCUT2D eigenvalue weighted by Crippen LogP contribution is 2.31. The Labute approximate surface area is 184 Å². The molecule has 1 aliphatic rings. The number of benzene rings is 1. The van der Waals surface area contributed by atoms with Crippen molar-refractivity contribution in [2.24, 2.45) is 4.40 Å². The summed E-state index contributed by atoms with van der Waals surface area (Å²) in [6, 6.07) is 7.48. The lowest BCUT2D eigenvalue weighted by molar-refractivity contribution is -0.113. The molecule has 1 aromatic carbocycles. The smallest absolute Gasteiger partial charge is 0.321 e. The van der Waals surface area contributed by atoms with E-state index in [9.17, 15) is 17.6 Å². The summed E-state index contributed by atoms with van der Waals surface area (Å²) in [7, 11) is -2.91. The minimum atomic E-state index is -4.13. The van der Waals surface area contributed by atoms with Gasteiger partial charge >= 0.3 is 10.2 Å². The van der Waals surface area contributed by atoms with Gasteiger partial charge in [-0.15, -0.1) is 27.1 Å². The number of thiazole rings is 1. The van der Waals surface area contributed by atoms with Gasteiger partial charge in [-0.2, -0.15) is 8.42 Å². The maximum Gasteiger partial charge on any atom is 0.345 e. The normalized spacial score (nSPS) is 15.5. The van der Waals surface area contributed by atoms with Gasteiger partial charge in [-0.05, 0) is 35.7 Å². The van der Waals surface area contributed by atoms with Crippen molar-refractivity contribution in [1.29, 1.82) is 0 Å². The number of nitrogens with zero attached hydrogens (tertiary/aromatic N) is 3. The molecule has 4 rings (SSSR count). The Morgan fingerprint density at radius 3 is 2.77 bits per heavy atom. The fraction of sp³-hybridized carbons (Fsp3) is 0.0556. The number of aromatic nitrogens is 1. The van der Waals surface area contributed by atoms with Crippen molar-refractivity contribution >= 4 is 61.8 Å². The molecular weight excluding hydrogens is 471 g/mol. The standard InChI is InChI=1S/C18H12ClFN4O3S3/c1-24-14(17(25)22-10-4-5-12(20)11(19)7-10)8-13(23-30(24,26)27)18-21-9-16(29-18)15-3-2-6-28-15/h2-9H,1H3,(H,22,25). The molecule has 0 saturated carbocycles. The third-order valence-corrected chi connectivity index (χ3v) is 7.76. The number of hydrogen-bond donors (Lipinski definition) is 1. The Morgan fingerprint density at radius 2 is 2.07 bits per heavy atom. The van der Waals surface area contributed by atoms with E-state index in [0.717, 1.165) is 20.1 Å². The van der Waals surface area contributed by atoms with E-state index in [1.54, 1.807) is 6.20 Å². The lowest BCUT2D eigenvalue weighted by atomic mass is 10.2. The largest absolute Gasteiger partial charge is 0.345 e. The van der Waals surface area contributed by atoms with E-state index in [1.807, 2.05) is 17.5 Å². The van der Waals surface area contributed by atoms with E-state index in [4.69, 9.17) is 11.6 Å². The zero-order valence-corrected chi connectivity index (χ0v) is 18.4. The molecule has 0 bridgehead atoms. The number of allylic oxidation sites excluding steroid dienone is 1. The first-order valence-electron chi connectivity index (χ1n) is 8.31. The van der Waals surface area contributed by atoms with Crippen LogP contribution in [0.15, 0.2) is 58.1 Å². The van der Waals surface area contributed by atoms with E-state index >= 15 is 0 Å². The first-order chi connectivity index (χ1) is 14.2. The number of likely N-dealkylation sites (N-methyl/N-ethyl adjacent to an activating group) is 1. The first kappa shape index (κ1) is 20.7. The highest BCUT2D eigenvalue weighted by atomic mass is 35.5. The van der Waals surface area contributed by atoms with E-state index < -0.39 is 21.9 Å². The van der Waals surface area contributed by atoms with Crippen LogP contribution < -0.4 is 5.32 Å². The molecule has 0 atom stereocenters. The fourth-order valence-corrected chi connectivity index (χ4v) is 5.39. The molecule has 1 amide bonds. The molecule has 0 radical (unpaired) electrons. The molecule has 0 unspecified atom stereocenters. The van der Waals surface area contributed by atoms with E-state index in [0.29, 0.717) is 5.01 Å². The zero-order valence-electron chi connectivity index (χ0n) is 15.2. The first-order valence-corrected chi connectivity index (χ1v) is 11.8. The van der Waals surface area contributed by atoms with Gasteiger partial charge in [0.1, 0.15) is 22.2 Å². The summed E-state index contributed by atoms with van der Waals surface area (Å²) in [5.41, 5.74) is 0.118. The van der Waals surface area contributed by atoms with E-state index in [2.05, 4.69) is 14.7 Å². The Hall–Kier alpha value is -2.60. The minimum absolute atomic E-state index is 0.0585. The minimum Gasteiger partial charge on any atom is -0.321 e. The SMILES string of the molecule is CN1C(C(=O)Nc2ccc(F)c(Cl)c2)=CC(c2ncc(-c3cccs3)s2)=NS1(=O)=O. The van der Waals surface area contributed by atoms with Crippen LogP contribution in [0.4, 0.5) is 10.1 Å². The van der Waals surface area contributed by atoms with Gasteiger partial charge in [0, 0.05) is 23.8 Å². The molecule has 154 valence electrons. The number of carbonyl (C=O) groups excluding carboxylic acids is 1. The molecule has 3 aromatic rings. The molecular formula is C18H12ClFN4O3S3. The highest BCUT2D eigenvalue weighted by molar-refractivity contribution is 7.88. The van der Waals surface area contributed by atoms with Crippen LogP contribution in [-0.2, 0) is 15.0 Å². The molecule has 0 saturated heterocycles. The average Bonchev–Trinajstić information content (AvgIpc) is 3.38. The summed E-state index contributed by atoms with van der Waals surface area (Å²) in [5, 5.41) is 4.64. The monoisotopic (exact) mass is 482 g/mol. The molecule has 2 aromatic heterocycles. The molecule has 1 aliphatic heterocycles. The van der Waals surface area contributed by atoms with Gasteiger partial charge in [-0.3, -0.25) is 4.79 Å². The third kappa shape index (κ3) is 4.01. The summed E-state index contributed by atoms with van der Waals surface area (Å²) in [5.74, 6) is -1.35. The Morgan fingerprint density at radius 1 is 1.27 bits per heavy atom. The molecule has 0 fully saturated rings. The number of anilines is 1. The average molecular weight is 483 g/mol. The van der Waals surface area contributed by atoms with Crippen molar-refractivity contribution in [3.63, 3.8) is 0 Å². The maximum absolute atomic E-state index is 13.3. The van der Waals surface area contributed by atoms with Gasteiger partial charge in [-0.25, -0.2) is 13.7 Å². The molecule has 12 heteroatoms. The van der Waals surface area contributed by atoms with Crippen molar-refractivity contribution in [1.82, 2.24) is 9.29 Å². The number of nitrogens with one attached hydrogen (secondary N) is 1. The van der Waals surface area contributed by atoms with E-state index in [-0.39, 0.29) is 22.1 Å². The van der Waals surface area contributed by atoms with Crippen LogP contribution >= 0.6 is 34.3 Å². The number of thiophene rings is 1. The second-order valence-electron chi connectivity index (χ2n) is 6.04. The number of halogens is 2. The van der Waals surface area contributed by atoms with Crippen LogP contribution in [0.3, 0.4) is 0 Å². The zero-order chi connectivity index (χ0) is 21.5. The Kier molecular flexibility index (Phi) is 5.45. The van der Waals surface area contributed by atoms with E-state index in [1.165, 1.54) is 47.9 Å². The third-order valence-electron chi connectivity index (χ3n) is 4.07. The molecule has 3 heterocycles. The fourth-order valence-electron chi connectivity index (χ4n) is 2.56. The van der Waals surface area contributed by atoms with Crippen molar-refractivity contribution in [2.45, 2.75) is 0 Å². The molecule has 0 spiro atoms. The van der Waals surface area contributed by atoms with Crippen molar-refractivity contribution in [3.8, 4) is 9.75 Å². The Bertz CT molecular complexity index is 1300. The predicted molar refractivity (Wildman–Crippen MR) is 117 cm³/mol. The van der Waals surface area contributed by atoms with Crippen LogP contribution in [0.25, 0.3) is 9.75 Å².